The van der Waals surface area contributed by atoms with Gasteiger partial charge in [0.15, 0.2) is 0 Å². The first-order valence-electron chi connectivity index (χ1n) is 5.39. The molecule has 10 nitrogen and oxygen atoms in total. The van der Waals surface area contributed by atoms with E-state index in [1.165, 1.54) is 0 Å². The van der Waals surface area contributed by atoms with E-state index in [4.69, 9.17) is 27.4 Å². The summed E-state index contributed by atoms with van der Waals surface area (Å²) in [5.74, 6) is -4.91. The molecule has 0 aromatic rings. The highest BCUT2D eigenvalue weighted by atomic mass is 16.4. The van der Waals surface area contributed by atoms with Crippen LogP contribution in [0.4, 0.5) is 0 Å². The van der Waals surface area contributed by atoms with E-state index in [0.29, 0.717) is 0 Å². The van der Waals surface area contributed by atoms with Crippen LogP contribution in [0.5, 0.6) is 0 Å². The molecule has 0 radical (unpaired) electrons. The maximum atomic E-state index is 10.3. The van der Waals surface area contributed by atoms with Gasteiger partial charge in [-0.2, -0.15) is 0 Å². The van der Waals surface area contributed by atoms with E-state index in [-0.39, 0.29) is 12.8 Å². The second-order valence-electron chi connectivity index (χ2n) is 3.64. The molecule has 0 aliphatic rings. The fourth-order valence-corrected chi connectivity index (χ4v) is 0.767. The summed E-state index contributed by atoms with van der Waals surface area (Å²) >= 11 is 0. The number of rotatable bonds is 8. The summed E-state index contributed by atoms with van der Waals surface area (Å²) in [6, 6.07) is -0.757. The summed E-state index contributed by atoms with van der Waals surface area (Å²) in [6.07, 6.45) is -0.537. The van der Waals surface area contributed by atoms with Crippen LogP contribution >= 0.6 is 0 Å². The minimum atomic E-state index is -1.58. The van der Waals surface area contributed by atoms with E-state index in [0.717, 1.165) is 0 Å². The molecule has 0 aliphatic heterocycles. The third-order valence-electron chi connectivity index (χ3n) is 1.87. The molecule has 1 atom stereocenters. The highest BCUT2D eigenvalue weighted by Crippen LogP contribution is 1.91. The van der Waals surface area contributed by atoms with Crippen LogP contribution in [0.2, 0.25) is 0 Å². The zero-order valence-corrected chi connectivity index (χ0v) is 10.6. The first kappa shape index (κ1) is 19.8. The molecule has 0 spiro atoms. The Labute approximate surface area is 113 Å². The molecule has 0 saturated heterocycles. The van der Waals surface area contributed by atoms with E-state index >= 15 is 0 Å². The number of primary amides is 2. The summed E-state index contributed by atoms with van der Waals surface area (Å²) in [4.78, 5) is 50.1. The molecule has 0 rings (SSSR count). The Morgan fingerprint density at radius 2 is 1.40 bits per heavy atom. The molecule has 0 aromatic carbocycles. The summed E-state index contributed by atoms with van der Waals surface area (Å²) in [6.45, 7) is 0. The van der Waals surface area contributed by atoms with Crippen molar-refractivity contribution in [3.8, 4) is 0 Å². The Bertz CT molecular complexity index is 394. The van der Waals surface area contributed by atoms with Gasteiger partial charge in [0.25, 0.3) is 0 Å². The third-order valence-corrected chi connectivity index (χ3v) is 1.87. The molecule has 0 saturated carbocycles. The van der Waals surface area contributed by atoms with Gasteiger partial charge in [0.1, 0.15) is 0 Å². The maximum Gasteiger partial charge on any atom is 0.372 e. The Morgan fingerprint density at radius 1 is 0.900 bits per heavy atom. The van der Waals surface area contributed by atoms with Crippen molar-refractivity contribution >= 4 is 29.5 Å². The van der Waals surface area contributed by atoms with Gasteiger partial charge >= 0.3 is 11.9 Å². The quantitative estimate of drug-likeness (QED) is 0.303. The van der Waals surface area contributed by atoms with Crippen LogP contribution in [0.1, 0.15) is 25.7 Å². The normalized spacial score (nSPS) is 10.7. The van der Waals surface area contributed by atoms with Crippen LogP contribution in [-0.2, 0) is 24.0 Å². The fourth-order valence-electron chi connectivity index (χ4n) is 0.767. The number of carbonyl (C=O) groups is 5. The van der Waals surface area contributed by atoms with Crippen molar-refractivity contribution in [3.63, 3.8) is 0 Å². The molecule has 0 bridgehead atoms. The number of carboxylic acid groups (broad SMARTS) is 2. The van der Waals surface area contributed by atoms with E-state index < -0.39 is 48.4 Å². The van der Waals surface area contributed by atoms with E-state index in [1.54, 1.807) is 0 Å². The smallest absolute Gasteiger partial charge is 0.372 e. The van der Waals surface area contributed by atoms with Crippen LogP contribution in [0.3, 0.4) is 0 Å². The summed E-state index contributed by atoms with van der Waals surface area (Å²) in [5, 5.41) is 16.0. The molecule has 0 heterocycles. The van der Waals surface area contributed by atoms with Crippen LogP contribution in [-0.4, -0.2) is 45.8 Å². The Kier molecular flexibility index (Phi) is 10.4. The van der Waals surface area contributed by atoms with Crippen LogP contribution in [0.15, 0.2) is 0 Å². The standard InChI is InChI=1S/C5H11N3O2.C5H6O5/c6-3(5(8)10)1-2-4(7)9;6-3(5(9)10)1-2-4(7)8/h3H,1-2,6H2,(H2,7,9)(H2,8,10);1-2H2,(H,7,8)(H,9,10)/t3-;/m0./s1. The molecule has 0 unspecified atom stereocenters. The Morgan fingerprint density at radius 3 is 1.70 bits per heavy atom. The van der Waals surface area contributed by atoms with Crippen molar-refractivity contribution in [2.75, 3.05) is 0 Å². The van der Waals surface area contributed by atoms with E-state index in [9.17, 15) is 24.0 Å². The number of Topliss-reactive ketones (excluding diaryl/α,β-unsaturated/α-hetero) is 1. The first-order valence-corrected chi connectivity index (χ1v) is 5.39. The second kappa shape index (κ2) is 10.4. The molecular weight excluding hydrogens is 274 g/mol. The van der Waals surface area contributed by atoms with Crippen molar-refractivity contribution in [1.82, 2.24) is 0 Å². The molecule has 0 aromatic heterocycles. The number of amides is 2. The molecule has 20 heavy (non-hydrogen) atoms. The van der Waals surface area contributed by atoms with Gasteiger partial charge in [0.2, 0.25) is 17.6 Å². The number of carbonyl (C=O) groups excluding carboxylic acids is 3. The minimum Gasteiger partial charge on any atom is -0.481 e. The van der Waals surface area contributed by atoms with Crippen molar-refractivity contribution < 1.29 is 34.2 Å². The molecular formula is C10H17N3O7. The average Bonchev–Trinajstić information content (AvgIpc) is 2.33. The van der Waals surface area contributed by atoms with Gasteiger partial charge in [0, 0.05) is 12.8 Å². The maximum absolute atomic E-state index is 10.3. The zero-order valence-electron chi connectivity index (χ0n) is 10.6. The Hall–Kier alpha value is -2.49. The lowest BCUT2D eigenvalue weighted by Crippen LogP contribution is -2.37. The van der Waals surface area contributed by atoms with Gasteiger partial charge in [-0.1, -0.05) is 0 Å². The van der Waals surface area contributed by atoms with Gasteiger partial charge in [-0.15, -0.1) is 0 Å². The van der Waals surface area contributed by atoms with Crippen LogP contribution < -0.4 is 17.2 Å². The molecule has 0 aliphatic carbocycles. The zero-order chi connectivity index (χ0) is 16.3. The highest BCUT2D eigenvalue weighted by molar-refractivity contribution is 6.32. The van der Waals surface area contributed by atoms with Gasteiger partial charge in [-0.05, 0) is 6.42 Å². The lowest BCUT2D eigenvalue weighted by Gasteiger charge is -2.03. The second-order valence-corrected chi connectivity index (χ2v) is 3.64. The molecule has 0 fully saturated rings. The van der Waals surface area contributed by atoms with Gasteiger partial charge < -0.3 is 27.4 Å². The van der Waals surface area contributed by atoms with E-state index in [1.807, 2.05) is 0 Å². The predicted octanol–water partition coefficient (Wildman–Crippen LogP) is -2.43. The van der Waals surface area contributed by atoms with E-state index in [2.05, 4.69) is 0 Å². The minimum absolute atomic E-state index is 0.101. The number of aliphatic carboxylic acids is 2. The molecule has 114 valence electrons. The fraction of sp³-hybridized carbons (Fsp3) is 0.500. The van der Waals surface area contributed by atoms with Crippen LogP contribution in [0, 0.1) is 0 Å². The Balaban J connectivity index is 0. The van der Waals surface area contributed by atoms with Crippen molar-refractivity contribution in [2.24, 2.45) is 17.2 Å². The number of nitrogens with two attached hydrogens (primary N) is 3. The average molecular weight is 291 g/mol. The lowest BCUT2D eigenvalue weighted by atomic mass is 10.1. The van der Waals surface area contributed by atoms with Gasteiger partial charge in [-0.3, -0.25) is 19.2 Å². The lowest BCUT2D eigenvalue weighted by molar-refractivity contribution is -0.149. The summed E-state index contributed by atoms with van der Waals surface area (Å²) < 4.78 is 0. The number of hydrogen-bond donors (Lipinski definition) is 5. The first-order chi connectivity index (χ1) is 9.07. The van der Waals surface area contributed by atoms with Crippen molar-refractivity contribution in [3.05, 3.63) is 0 Å². The van der Waals surface area contributed by atoms with Crippen LogP contribution in [0.25, 0.3) is 0 Å². The monoisotopic (exact) mass is 291 g/mol. The van der Waals surface area contributed by atoms with Gasteiger partial charge in [-0.25, -0.2) is 4.79 Å². The number of ketones is 1. The largest absolute Gasteiger partial charge is 0.481 e. The molecule has 2 amide bonds. The van der Waals surface area contributed by atoms with Crippen molar-refractivity contribution in [2.45, 2.75) is 31.7 Å². The third kappa shape index (κ3) is 13.6. The summed E-state index contributed by atoms with van der Waals surface area (Å²) in [7, 11) is 0. The topological polar surface area (TPSA) is 204 Å². The predicted molar refractivity (Wildman–Crippen MR) is 65.1 cm³/mol. The number of carboxylic acids is 2. The number of hydrogen-bond acceptors (Lipinski definition) is 6. The van der Waals surface area contributed by atoms with Gasteiger partial charge in [0.05, 0.1) is 12.5 Å². The molecule has 8 N–H and O–H groups in total. The van der Waals surface area contributed by atoms with Crippen molar-refractivity contribution in [1.29, 1.82) is 0 Å². The summed E-state index contributed by atoms with van der Waals surface area (Å²) in [5.41, 5.74) is 14.8. The SMILES string of the molecule is NC(=O)CC[C@H](N)C(N)=O.O=C(O)CCC(=O)C(=O)O. The highest BCUT2D eigenvalue weighted by Gasteiger charge is 2.12. The molecule has 10 heteroatoms.